The Labute approximate surface area is 66.3 Å². The standard InChI is InChI=1S/C6H16N2O3/c9-3-1-7-8-2-5-11-6-4-10/h7-10H,1-6H2. The van der Waals surface area contributed by atoms with E-state index in [0.29, 0.717) is 26.3 Å². The maximum absolute atomic E-state index is 8.34. The first-order chi connectivity index (χ1) is 5.41. The molecule has 0 aromatic heterocycles. The first kappa shape index (κ1) is 10.8. The number of ether oxygens (including phenoxy) is 1. The van der Waals surface area contributed by atoms with Gasteiger partial charge in [0.05, 0.1) is 26.4 Å². The molecule has 0 aliphatic rings. The van der Waals surface area contributed by atoms with Crippen molar-refractivity contribution in [2.24, 2.45) is 0 Å². The molecule has 0 bridgehead atoms. The van der Waals surface area contributed by atoms with E-state index in [-0.39, 0.29) is 13.2 Å². The van der Waals surface area contributed by atoms with Crippen molar-refractivity contribution < 1.29 is 14.9 Å². The zero-order valence-corrected chi connectivity index (χ0v) is 6.55. The van der Waals surface area contributed by atoms with Crippen LogP contribution in [0.5, 0.6) is 0 Å². The highest BCUT2D eigenvalue weighted by Crippen LogP contribution is 1.69. The Morgan fingerprint density at radius 1 is 0.909 bits per heavy atom. The lowest BCUT2D eigenvalue weighted by atomic mass is 10.7. The van der Waals surface area contributed by atoms with E-state index >= 15 is 0 Å². The van der Waals surface area contributed by atoms with Crippen LogP contribution in [0.4, 0.5) is 0 Å². The number of hydrogen-bond donors (Lipinski definition) is 4. The lowest BCUT2D eigenvalue weighted by Gasteiger charge is -2.04. The second kappa shape index (κ2) is 9.80. The largest absolute Gasteiger partial charge is 0.395 e. The molecule has 0 saturated heterocycles. The average Bonchev–Trinajstić information content (AvgIpc) is 2.03. The summed E-state index contributed by atoms with van der Waals surface area (Å²) in [7, 11) is 0. The number of hydrazine groups is 1. The van der Waals surface area contributed by atoms with Crippen LogP contribution in [0.1, 0.15) is 0 Å². The predicted molar refractivity (Wildman–Crippen MR) is 41.0 cm³/mol. The third kappa shape index (κ3) is 9.80. The molecular weight excluding hydrogens is 148 g/mol. The summed E-state index contributed by atoms with van der Waals surface area (Å²) < 4.78 is 4.95. The highest BCUT2D eigenvalue weighted by Gasteiger charge is 1.85. The second-order valence-corrected chi connectivity index (χ2v) is 1.91. The fourth-order valence-electron chi connectivity index (χ4n) is 0.522. The van der Waals surface area contributed by atoms with Gasteiger partial charge >= 0.3 is 0 Å². The molecule has 0 saturated carbocycles. The van der Waals surface area contributed by atoms with Crippen molar-refractivity contribution in [2.75, 3.05) is 39.5 Å². The number of aliphatic hydroxyl groups is 2. The number of aliphatic hydroxyl groups excluding tert-OH is 2. The minimum absolute atomic E-state index is 0.0596. The van der Waals surface area contributed by atoms with E-state index in [0.717, 1.165) is 0 Å². The summed E-state index contributed by atoms with van der Waals surface area (Å²) in [5.41, 5.74) is 5.60. The molecule has 0 unspecified atom stereocenters. The van der Waals surface area contributed by atoms with Gasteiger partial charge in [0, 0.05) is 13.1 Å². The Kier molecular flexibility index (Phi) is 9.62. The molecule has 68 valence electrons. The average molecular weight is 164 g/mol. The van der Waals surface area contributed by atoms with Crippen molar-refractivity contribution in [3.05, 3.63) is 0 Å². The SMILES string of the molecule is OCCNNCCOCCO. The van der Waals surface area contributed by atoms with Gasteiger partial charge < -0.3 is 14.9 Å². The van der Waals surface area contributed by atoms with Crippen LogP contribution >= 0.6 is 0 Å². The smallest absolute Gasteiger partial charge is 0.0698 e. The zero-order valence-electron chi connectivity index (χ0n) is 6.55. The van der Waals surface area contributed by atoms with Crippen molar-refractivity contribution in [3.63, 3.8) is 0 Å². The number of hydrogen-bond acceptors (Lipinski definition) is 5. The minimum atomic E-state index is 0.0596. The molecule has 0 rings (SSSR count). The third-order valence-electron chi connectivity index (χ3n) is 0.969. The first-order valence-electron chi connectivity index (χ1n) is 3.67. The third-order valence-corrected chi connectivity index (χ3v) is 0.969. The molecule has 11 heavy (non-hydrogen) atoms. The molecule has 0 spiro atoms. The normalized spacial score (nSPS) is 10.4. The van der Waals surface area contributed by atoms with Crippen LogP contribution in [0.25, 0.3) is 0 Å². The van der Waals surface area contributed by atoms with Crippen LogP contribution in [0, 0.1) is 0 Å². The molecular formula is C6H16N2O3. The van der Waals surface area contributed by atoms with Crippen LogP contribution in [0.15, 0.2) is 0 Å². The quantitative estimate of drug-likeness (QED) is 0.249. The maximum atomic E-state index is 8.34. The van der Waals surface area contributed by atoms with Crippen molar-refractivity contribution in [1.82, 2.24) is 10.9 Å². The molecule has 0 heterocycles. The number of nitrogens with one attached hydrogen (secondary N) is 2. The molecule has 0 aromatic carbocycles. The Hall–Kier alpha value is -0.200. The Morgan fingerprint density at radius 2 is 1.64 bits per heavy atom. The topological polar surface area (TPSA) is 73.8 Å². The van der Waals surface area contributed by atoms with Gasteiger partial charge in [0.15, 0.2) is 0 Å². The van der Waals surface area contributed by atoms with E-state index in [2.05, 4.69) is 10.9 Å². The van der Waals surface area contributed by atoms with E-state index in [1.807, 2.05) is 0 Å². The minimum Gasteiger partial charge on any atom is -0.395 e. The van der Waals surface area contributed by atoms with Gasteiger partial charge in [0.25, 0.3) is 0 Å². The van der Waals surface area contributed by atoms with Crippen LogP contribution < -0.4 is 10.9 Å². The van der Waals surface area contributed by atoms with Crippen LogP contribution in [0.3, 0.4) is 0 Å². The highest BCUT2D eigenvalue weighted by atomic mass is 16.5. The zero-order chi connectivity index (χ0) is 8.36. The van der Waals surface area contributed by atoms with Gasteiger partial charge in [-0.3, -0.25) is 10.9 Å². The molecule has 5 heteroatoms. The molecule has 0 atom stereocenters. The molecule has 0 aromatic rings. The fourth-order valence-corrected chi connectivity index (χ4v) is 0.522. The summed E-state index contributed by atoms with van der Waals surface area (Å²) >= 11 is 0. The van der Waals surface area contributed by atoms with Crippen LogP contribution in [0.2, 0.25) is 0 Å². The Bertz CT molecular complexity index is 64.8. The lowest BCUT2D eigenvalue weighted by molar-refractivity contribution is 0.0920. The van der Waals surface area contributed by atoms with E-state index in [1.54, 1.807) is 0 Å². The van der Waals surface area contributed by atoms with E-state index in [9.17, 15) is 0 Å². The lowest BCUT2D eigenvalue weighted by Crippen LogP contribution is -2.36. The van der Waals surface area contributed by atoms with Crippen LogP contribution in [-0.2, 0) is 4.74 Å². The molecule has 0 aliphatic heterocycles. The monoisotopic (exact) mass is 164 g/mol. The van der Waals surface area contributed by atoms with Gasteiger partial charge in [-0.05, 0) is 0 Å². The molecule has 4 N–H and O–H groups in total. The van der Waals surface area contributed by atoms with Crippen molar-refractivity contribution in [2.45, 2.75) is 0 Å². The summed E-state index contributed by atoms with van der Waals surface area (Å²) in [6.07, 6.45) is 0. The van der Waals surface area contributed by atoms with E-state index in [4.69, 9.17) is 14.9 Å². The van der Waals surface area contributed by atoms with Crippen molar-refractivity contribution >= 4 is 0 Å². The molecule has 0 fully saturated rings. The maximum Gasteiger partial charge on any atom is 0.0698 e. The van der Waals surface area contributed by atoms with Gasteiger partial charge in [-0.2, -0.15) is 0 Å². The van der Waals surface area contributed by atoms with Gasteiger partial charge in [-0.25, -0.2) is 0 Å². The molecule has 0 aliphatic carbocycles. The van der Waals surface area contributed by atoms with Gasteiger partial charge in [0.1, 0.15) is 0 Å². The molecule has 0 radical (unpaired) electrons. The van der Waals surface area contributed by atoms with Crippen LogP contribution in [-0.4, -0.2) is 49.7 Å². The Balaban J connectivity index is 2.69. The molecule has 0 amide bonds. The van der Waals surface area contributed by atoms with Crippen molar-refractivity contribution in [1.29, 1.82) is 0 Å². The van der Waals surface area contributed by atoms with Gasteiger partial charge in [0.2, 0.25) is 0 Å². The fraction of sp³-hybridized carbons (Fsp3) is 1.00. The van der Waals surface area contributed by atoms with Gasteiger partial charge in [-0.1, -0.05) is 0 Å². The summed E-state index contributed by atoms with van der Waals surface area (Å²) in [6.45, 7) is 2.30. The summed E-state index contributed by atoms with van der Waals surface area (Å²) in [6, 6.07) is 0. The van der Waals surface area contributed by atoms with E-state index < -0.39 is 0 Å². The van der Waals surface area contributed by atoms with Crippen molar-refractivity contribution in [3.8, 4) is 0 Å². The molecule has 5 nitrogen and oxygen atoms in total. The summed E-state index contributed by atoms with van der Waals surface area (Å²) in [5.74, 6) is 0. The summed E-state index contributed by atoms with van der Waals surface area (Å²) in [5, 5.41) is 16.7. The second-order valence-electron chi connectivity index (χ2n) is 1.91. The predicted octanol–water partition coefficient (Wildman–Crippen LogP) is -1.92. The first-order valence-corrected chi connectivity index (χ1v) is 3.67. The number of rotatable bonds is 8. The van der Waals surface area contributed by atoms with Gasteiger partial charge in [-0.15, -0.1) is 0 Å². The highest BCUT2D eigenvalue weighted by molar-refractivity contribution is 4.39. The van der Waals surface area contributed by atoms with E-state index in [1.165, 1.54) is 0 Å². The Morgan fingerprint density at radius 3 is 2.27 bits per heavy atom. The summed E-state index contributed by atoms with van der Waals surface area (Å²) in [4.78, 5) is 0.